The summed E-state index contributed by atoms with van der Waals surface area (Å²) in [7, 11) is 0. The Bertz CT molecular complexity index is 499. The van der Waals surface area contributed by atoms with E-state index in [9.17, 15) is 4.79 Å². The Labute approximate surface area is 143 Å². The highest BCUT2D eigenvalue weighted by molar-refractivity contribution is 6.35. The van der Waals surface area contributed by atoms with Crippen molar-refractivity contribution in [1.29, 1.82) is 0 Å². The van der Waals surface area contributed by atoms with Crippen molar-refractivity contribution in [2.24, 2.45) is 11.8 Å². The molecule has 1 aromatic carbocycles. The minimum atomic E-state index is 0.0637. The van der Waals surface area contributed by atoms with E-state index in [-0.39, 0.29) is 11.8 Å². The van der Waals surface area contributed by atoms with E-state index in [2.05, 4.69) is 24.1 Å². The first-order valence-electron chi connectivity index (χ1n) is 7.90. The van der Waals surface area contributed by atoms with Crippen LogP contribution in [0.15, 0.2) is 18.2 Å². The maximum atomic E-state index is 12.2. The molecule has 3 nitrogen and oxygen atoms in total. The number of amides is 1. The Morgan fingerprint density at radius 2 is 2.05 bits per heavy atom. The topological polar surface area (TPSA) is 32.3 Å². The Balaban J connectivity index is 1.94. The fourth-order valence-electron chi connectivity index (χ4n) is 2.77. The van der Waals surface area contributed by atoms with Crippen molar-refractivity contribution in [3.8, 4) is 0 Å². The van der Waals surface area contributed by atoms with Gasteiger partial charge in [0.2, 0.25) is 5.91 Å². The van der Waals surface area contributed by atoms with Crippen LogP contribution in [0.4, 0.5) is 0 Å². The Morgan fingerprint density at radius 1 is 1.36 bits per heavy atom. The number of hydrogen-bond acceptors (Lipinski definition) is 2. The summed E-state index contributed by atoms with van der Waals surface area (Å²) in [5.74, 6) is 0.711. The van der Waals surface area contributed by atoms with Crippen molar-refractivity contribution in [2.75, 3.05) is 19.6 Å². The molecule has 1 aromatic rings. The van der Waals surface area contributed by atoms with Crippen LogP contribution in [0.3, 0.4) is 0 Å². The number of rotatable bonds is 5. The molecule has 0 aliphatic carbocycles. The van der Waals surface area contributed by atoms with E-state index in [1.54, 1.807) is 0 Å². The molecule has 1 atom stereocenters. The zero-order valence-corrected chi connectivity index (χ0v) is 14.8. The Hall–Kier alpha value is -0.770. The first-order chi connectivity index (χ1) is 10.5. The van der Waals surface area contributed by atoms with Crippen LogP contribution in [0.2, 0.25) is 10.0 Å². The molecule has 0 radical (unpaired) electrons. The minimum absolute atomic E-state index is 0.0637. The normalized spacial score (nSPS) is 19.4. The molecule has 1 aliphatic rings. The quantitative estimate of drug-likeness (QED) is 0.877. The molecule has 5 heteroatoms. The summed E-state index contributed by atoms with van der Waals surface area (Å²) in [5, 5.41) is 4.43. The van der Waals surface area contributed by atoms with Gasteiger partial charge in [-0.15, -0.1) is 0 Å². The van der Waals surface area contributed by atoms with Crippen molar-refractivity contribution in [3.63, 3.8) is 0 Å². The summed E-state index contributed by atoms with van der Waals surface area (Å²) in [5.41, 5.74) is 0.953. The second-order valence-electron chi connectivity index (χ2n) is 6.41. The predicted molar refractivity (Wildman–Crippen MR) is 92.3 cm³/mol. The van der Waals surface area contributed by atoms with E-state index in [4.69, 9.17) is 23.2 Å². The highest BCUT2D eigenvalue weighted by Crippen LogP contribution is 2.27. The van der Waals surface area contributed by atoms with Gasteiger partial charge < -0.3 is 5.32 Å². The number of carbonyl (C=O) groups is 1. The number of benzene rings is 1. The number of nitrogens with zero attached hydrogens (tertiary/aromatic N) is 1. The maximum Gasteiger partial charge on any atom is 0.224 e. The lowest BCUT2D eigenvalue weighted by molar-refractivity contribution is -0.126. The second-order valence-corrected chi connectivity index (χ2v) is 7.23. The molecule has 0 bridgehead atoms. The standard InChI is InChI=1S/C17H24Cl2N2O/c1-12(2)9-20-17(22)13-5-4-8-21(10-13)11-14-15(18)6-3-7-16(14)19/h3,6-7,12-13H,4-5,8-11H2,1-2H3,(H,20,22)/t13-/m1/s1. The molecular formula is C17H24Cl2N2O. The van der Waals surface area contributed by atoms with Crippen molar-refractivity contribution in [2.45, 2.75) is 33.2 Å². The predicted octanol–water partition coefficient (Wildman–Crippen LogP) is 3.98. The van der Waals surface area contributed by atoms with E-state index >= 15 is 0 Å². The van der Waals surface area contributed by atoms with Gasteiger partial charge in [-0.1, -0.05) is 43.1 Å². The number of piperidine rings is 1. The number of hydrogen-bond donors (Lipinski definition) is 1. The molecule has 122 valence electrons. The van der Waals surface area contributed by atoms with Crippen LogP contribution in [0.25, 0.3) is 0 Å². The summed E-state index contributed by atoms with van der Waals surface area (Å²) in [6, 6.07) is 5.58. The first kappa shape index (κ1) is 17.6. The fourth-order valence-corrected chi connectivity index (χ4v) is 3.29. The highest BCUT2D eigenvalue weighted by Gasteiger charge is 2.26. The summed E-state index contributed by atoms with van der Waals surface area (Å²) in [6.07, 6.45) is 1.98. The average molecular weight is 343 g/mol. The number of halogens is 2. The van der Waals surface area contributed by atoms with Crippen LogP contribution in [-0.4, -0.2) is 30.4 Å². The van der Waals surface area contributed by atoms with E-state index in [1.165, 1.54) is 0 Å². The third kappa shape index (κ3) is 4.87. The minimum Gasteiger partial charge on any atom is -0.356 e. The van der Waals surface area contributed by atoms with E-state index < -0.39 is 0 Å². The van der Waals surface area contributed by atoms with Gasteiger partial charge in [0.15, 0.2) is 0 Å². The molecule has 1 heterocycles. The van der Waals surface area contributed by atoms with Gasteiger partial charge in [-0.05, 0) is 37.4 Å². The first-order valence-corrected chi connectivity index (χ1v) is 8.66. The summed E-state index contributed by atoms with van der Waals surface area (Å²) in [6.45, 7) is 7.40. The molecule has 1 amide bonds. The number of nitrogens with one attached hydrogen (secondary N) is 1. The van der Waals surface area contributed by atoms with Crippen LogP contribution in [-0.2, 0) is 11.3 Å². The van der Waals surface area contributed by atoms with Gasteiger partial charge in [0, 0.05) is 35.2 Å². The van der Waals surface area contributed by atoms with Gasteiger partial charge in [0.25, 0.3) is 0 Å². The lowest BCUT2D eigenvalue weighted by Gasteiger charge is -2.32. The lowest BCUT2D eigenvalue weighted by atomic mass is 9.96. The molecule has 0 aromatic heterocycles. The van der Waals surface area contributed by atoms with Crippen LogP contribution in [0.1, 0.15) is 32.3 Å². The fraction of sp³-hybridized carbons (Fsp3) is 0.588. The summed E-state index contributed by atoms with van der Waals surface area (Å²) >= 11 is 12.5. The van der Waals surface area contributed by atoms with Crippen LogP contribution in [0.5, 0.6) is 0 Å². The maximum absolute atomic E-state index is 12.2. The third-order valence-corrected chi connectivity index (χ3v) is 4.71. The molecule has 1 N–H and O–H groups in total. The molecule has 1 aliphatic heterocycles. The molecule has 0 unspecified atom stereocenters. The van der Waals surface area contributed by atoms with Gasteiger partial charge in [-0.2, -0.15) is 0 Å². The summed E-state index contributed by atoms with van der Waals surface area (Å²) < 4.78 is 0. The highest BCUT2D eigenvalue weighted by atomic mass is 35.5. The molecule has 1 fully saturated rings. The summed E-state index contributed by atoms with van der Waals surface area (Å²) in [4.78, 5) is 14.5. The zero-order valence-electron chi connectivity index (χ0n) is 13.2. The van der Waals surface area contributed by atoms with E-state index in [0.29, 0.717) is 22.5 Å². The zero-order chi connectivity index (χ0) is 16.1. The Kier molecular flexibility index (Phi) is 6.54. The van der Waals surface area contributed by atoms with Crippen molar-refractivity contribution in [3.05, 3.63) is 33.8 Å². The van der Waals surface area contributed by atoms with Crippen LogP contribution in [0, 0.1) is 11.8 Å². The van der Waals surface area contributed by atoms with E-state index in [1.807, 2.05) is 18.2 Å². The molecular weight excluding hydrogens is 319 g/mol. The van der Waals surface area contributed by atoms with Gasteiger partial charge >= 0.3 is 0 Å². The molecule has 2 rings (SSSR count). The monoisotopic (exact) mass is 342 g/mol. The lowest BCUT2D eigenvalue weighted by Crippen LogP contribution is -2.43. The van der Waals surface area contributed by atoms with Gasteiger partial charge in [-0.3, -0.25) is 9.69 Å². The second kappa shape index (κ2) is 8.19. The van der Waals surface area contributed by atoms with E-state index in [0.717, 1.165) is 38.0 Å². The van der Waals surface area contributed by atoms with Crippen molar-refractivity contribution < 1.29 is 4.79 Å². The smallest absolute Gasteiger partial charge is 0.224 e. The third-order valence-electron chi connectivity index (χ3n) is 4.00. The average Bonchev–Trinajstić information content (AvgIpc) is 2.49. The molecule has 0 spiro atoms. The van der Waals surface area contributed by atoms with Crippen LogP contribution >= 0.6 is 23.2 Å². The molecule has 1 saturated heterocycles. The molecule has 22 heavy (non-hydrogen) atoms. The van der Waals surface area contributed by atoms with Gasteiger partial charge in [-0.25, -0.2) is 0 Å². The Morgan fingerprint density at radius 3 is 2.68 bits per heavy atom. The van der Waals surface area contributed by atoms with Crippen molar-refractivity contribution in [1.82, 2.24) is 10.2 Å². The van der Waals surface area contributed by atoms with Gasteiger partial charge in [0.1, 0.15) is 0 Å². The number of carbonyl (C=O) groups excluding carboxylic acids is 1. The van der Waals surface area contributed by atoms with Crippen molar-refractivity contribution >= 4 is 29.1 Å². The van der Waals surface area contributed by atoms with Crippen LogP contribution < -0.4 is 5.32 Å². The SMILES string of the molecule is CC(C)CNC(=O)[C@@H]1CCCN(Cc2c(Cl)cccc2Cl)C1. The van der Waals surface area contributed by atoms with Gasteiger partial charge in [0.05, 0.1) is 5.92 Å². The largest absolute Gasteiger partial charge is 0.356 e. The number of likely N-dealkylation sites (tertiary alicyclic amines) is 1. The molecule has 0 saturated carbocycles.